The number of rotatable bonds is 6. The van der Waals surface area contributed by atoms with Crippen LogP contribution in [0.1, 0.15) is 64.1 Å². The fourth-order valence-corrected chi connectivity index (χ4v) is 3.25. The van der Waals surface area contributed by atoms with Crippen LogP contribution in [0.5, 0.6) is 0 Å². The van der Waals surface area contributed by atoms with Crippen molar-refractivity contribution in [2.24, 2.45) is 5.92 Å². The van der Waals surface area contributed by atoms with Gasteiger partial charge in [0.1, 0.15) is 5.56 Å². The van der Waals surface area contributed by atoms with E-state index in [4.69, 9.17) is 0 Å². The molecule has 1 fully saturated rings. The van der Waals surface area contributed by atoms with Crippen molar-refractivity contribution in [2.75, 3.05) is 7.05 Å². The molecule has 0 aliphatic heterocycles. The second kappa shape index (κ2) is 7.28. The number of benzene rings is 1. The molecule has 1 aromatic carbocycles. The fraction of sp³-hybridized carbons (Fsp3) is 0.381. The number of aryl methyl sites for hydroxylation is 1. The van der Waals surface area contributed by atoms with Crippen molar-refractivity contribution >= 4 is 11.7 Å². The molecule has 1 atom stereocenters. The van der Waals surface area contributed by atoms with Crippen molar-refractivity contribution in [1.29, 1.82) is 0 Å². The van der Waals surface area contributed by atoms with Gasteiger partial charge in [-0.1, -0.05) is 24.3 Å². The van der Waals surface area contributed by atoms with Crippen molar-refractivity contribution in [1.82, 2.24) is 9.88 Å². The third-order valence-corrected chi connectivity index (χ3v) is 5.06. The van der Waals surface area contributed by atoms with Gasteiger partial charge in [-0.2, -0.15) is 0 Å². The van der Waals surface area contributed by atoms with Gasteiger partial charge in [-0.3, -0.25) is 14.4 Å². The van der Waals surface area contributed by atoms with Crippen LogP contribution in [-0.4, -0.2) is 23.3 Å². The first-order chi connectivity index (χ1) is 12.4. The number of amides is 1. The van der Waals surface area contributed by atoms with Crippen molar-refractivity contribution in [3.63, 3.8) is 0 Å². The van der Waals surface area contributed by atoms with E-state index in [9.17, 15) is 14.4 Å². The van der Waals surface area contributed by atoms with E-state index in [1.54, 1.807) is 6.20 Å². The number of ketones is 1. The second-order valence-corrected chi connectivity index (χ2v) is 7.04. The molecule has 1 saturated carbocycles. The summed E-state index contributed by atoms with van der Waals surface area (Å²) >= 11 is 0. The van der Waals surface area contributed by atoms with Gasteiger partial charge in [0.2, 0.25) is 0 Å². The number of nitrogens with zero attached hydrogens (tertiary/aromatic N) is 1. The summed E-state index contributed by atoms with van der Waals surface area (Å²) in [5.41, 5.74) is 2.10. The van der Waals surface area contributed by atoms with Crippen LogP contribution < -0.4 is 10.9 Å². The van der Waals surface area contributed by atoms with Crippen LogP contribution in [0.25, 0.3) is 0 Å². The van der Waals surface area contributed by atoms with Crippen molar-refractivity contribution in [3.05, 3.63) is 69.1 Å². The lowest BCUT2D eigenvalue weighted by atomic mass is 10.0. The Morgan fingerprint density at radius 3 is 2.58 bits per heavy atom. The lowest BCUT2D eigenvalue weighted by Gasteiger charge is -2.19. The zero-order valence-corrected chi connectivity index (χ0v) is 15.4. The Balaban J connectivity index is 2.10. The average Bonchev–Trinajstić information content (AvgIpc) is 3.45. The molecule has 3 rings (SSSR count). The molecule has 0 radical (unpaired) electrons. The summed E-state index contributed by atoms with van der Waals surface area (Å²) < 4.78 is 1.51. The Labute approximate surface area is 153 Å². The van der Waals surface area contributed by atoms with Crippen LogP contribution in [0.15, 0.2) is 41.3 Å². The Hall–Kier alpha value is -2.69. The highest BCUT2D eigenvalue weighted by molar-refractivity contribution is 6.00. The molecule has 0 spiro atoms. The zero-order valence-electron chi connectivity index (χ0n) is 15.4. The molecule has 0 unspecified atom stereocenters. The van der Waals surface area contributed by atoms with E-state index in [1.165, 1.54) is 17.7 Å². The van der Waals surface area contributed by atoms with Gasteiger partial charge >= 0.3 is 0 Å². The lowest BCUT2D eigenvalue weighted by molar-refractivity contribution is 0.0961. The summed E-state index contributed by atoms with van der Waals surface area (Å²) in [5, 5.41) is 2.50. The molecule has 1 amide bonds. The first-order valence-electron chi connectivity index (χ1n) is 8.99. The Morgan fingerprint density at radius 1 is 1.27 bits per heavy atom. The second-order valence-electron chi connectivity index (χ2n) is 7.04. The molecule has 1 aromatic heterocycles. The summed E-state index contributed by atoms with van der Waals surface area (Å²) in [4.78, 5) is 37.7. The van der Waals surface area contributed by atoms with Gasteiger partial charge in [0.15, 0.2) is 5.78 Å². The number of carbonyl (C=O) groups is 2. The van der Waals surface area contributed by atoms with Crippen LogP contribution >= 0.6 is 0 Å². The molecule has 26 heavy (non-hydrogen) atoms. The standard InChI is InChI=1S/C21H24N2O3/c1-13-6-4-5-7-17(13)14(2)23-12-16(19(24)10-15-8-9-15)11-18(21(23)26)20(25)22-3/h4-7,11-12,14-15H,8-10H2,1-3H3,(H,22,25)/t14-/m1/s1. The smallest absolute Gasteiger partial charge is 0.263 e. The number of hydrogen-bond acceptors (Lipinski definition) is 3. The first kappa shape index (κ1) is 18.1. The number of carbonyl (C=O) groups excluding carboxylic acids is 2. The minimum Gasteiger partial charge on any atom is -0.355 e. The van der Waals surface area contributed by atoms with Crippen LogP contribution in [-0.2, 0) is 0 Å². The van der Waals surface area contributed by atoms with Crippen molar-refractivity contribution < 1.29 is 9.59 Å². The molecular weight excluding hydrogens is 328 g/mol. The highest BCUT2D eigenvalue weighted by Crippen LogP contribution is 2.33. The van der Waals surface area contributed by atoms with Gasteiger partial charge in [-0.25, -0.2) is 0 Å². The molecule has 1 aliphatic carbocycles. The minimum atomic E-state index is -0.471. The van der Waals surface area contributed by atoms with Crippen LogP contribution in [0.4, 0.5) is 0 Å². The zero-order chi connectivity index (χ0) is 18.8. The Kier molecular flexibility index (Phi) is 5.07. The van der Waals surface area contributed by atoms with E-state index in [0.717, 1.165) is 24.0 Å². The quantitative estimate of drug-likeness (QED) is 0.812. The number of nitrogens with one attached hydrogen (secondary N) is 1. The largest absolute Gasteiger partial charge is 0.355 e. The SMILES string of the molecule is CNC(=O)c1cc(C(=O)CC2CC2)cn([C@H](C)c2ccccc2C)c1=O. The number of hydrogen-bond donors (Lipinski definition) is 1. The summed E-state index contributed by atoms with van der Waals surface area (Å²) in [6.07, 6.45) is 4.24. The molecule has 5 nitrogen and oxygen atoms in total. The van der Waals surface area contributed by atoms with E-state index in [1.807, 2.05) is 38.1 Å². The monoisotopic (exact) mass is 352 g/mol. The van der Waals surface area contributed by atoms with Gasteiger partial charge in [-0.05, 0) is 49.8 Å². The molecule has 0 saturated heterocycles. The maximum absolute atomic E-state index is 12.9. The van der Waals surface area contributed by atoms with Gasteiger partial charge in [0.05, 0.1) is 6.04 Å². The number of pyridine rings is 1. The highest BCUT2D eigenvalue weighted by Gasteiger charge is 2.27. The fourth-order valence-electron chi connectivity index (χ4n) is 3.25. The van der Waals surface area contributed by atoms with Crippen molar-refractivity contribution in [2.45, 2.75) is 39.2 Å². The molecular formula is C21H24N2O3. The Bertz CT molecular complexity index is 910. The summed E-state index contributed by atoms with van der Waals surface area (Å²) in [6.45, 7) is 3.89. The topological polar surface area (TPSA) is 68.2 Å². The molecule has 136 valence electrons. The van der Waals surface area contributed by atoms with Gasteiger partial charge in [0, 0.05) is 25.2 Å². The molecule has 1 aliphatic rings. The van der Waals surface area contributed by atoms with E-state index in [0.29, 0.717) is 17.9 Å². The normalized spacial score (nSPS) is 14.7. The molecule has 1 heterocycles. The minimum absolute atomic E-state index is 0.00887. The van der Waals surface area contributed by atoms with Gasteiger partial charge in [-0.15, -0.1) is 0 Å². The van der Waals surface area contributed by atoms with E-state index in [2.05, 4.69) is 5.32 Å². The van der Waals surface area contributed by atoms with Crippen LogP contribution in [0, 0.1) is 12.8 Å². The van der Waals surface area contributed by atoms with E-state index < -0.39 is 5.91 Å². The third kappa shape index (κ3) is 3.62. The molecule has 5 heteroatoms. The molecule has 1 N–H and O–H groups in total. The van der Waals surface area contributed by atoms with Crippen LogP contribution in [0.3, 0.4) is 0 Å². The van der Waals surface area contributed by atoms with Crippen molar-refractivity contribution in [3.8, 4) is 0 Å². The van der Waals surface area contributed by atoms with E-state index in [-0.39, 0.29) is 22.9 Å². The predicted octanol–water partition coefficient (Wildman–Crippen LogP) is 3.11. The average molecular weight is 352 g/mol. The lowest BCUT2D eigenvalue weighted by Crippen LogP contribution is -2.34. The summed E-state index contributed by atoms with van der Waals surface area (Å²) in [5.74, 6) is -0.0367. The maximum atomic E-state index is 12.9. The van der Waals surface area contributed by atoms with Gasteiger partial charge in [0.25, 0.3) is 11.5 Å². The first-order valence-corrected chi connectivity index (χ1v) is 8.99. The molecule has 2 aromatic rings. The highest BCUT2D eigenvalue weighted by atomic mass is 16.2. The molecule has 0 bridgehead atoms. The number of aromatic nitrogens is 1. The summed E-state index contributed by atoms with van der Waals surface area (Å²) in [6, 6.07) is 8.97. The summed E-state index contributed by atoms with van der Waals surface area (Å²) in [7, 11) is 1.48. The predicted molar refractivity (Wildman–Crippen MR) is 101 cm³/mol. The maximum Gasteiger partial charge on any atom is 0.263 e. The van der Waals surface area contributed by atoms with E-state index >= 15 is 0 Å². The number of Topliss-reactive ketones (excluding diaryl/α,β-unsaturated/α-hetero) is 1. The van der Waals surface area contributed by atoms with Gasteiger partial charge < -0.3 is 9.88 Å². The van der Waals surface area contributed by atoms with Crippen LogP contribution in [0.2, 0.25) is 0 Å². The Morgan fingerprint density at radius 2 is 1.96 bits per heavy atom. The third-order valence-electron chi connectivity index (χ3n) is 5.06.